The van der Waals surface area contributed by atoms with Gasteiger partial charge in [0, 0.05) is 5.39 Å². The molecular formula is C13H12N2O3. The summed E-state index contributed by atoms with van der Waals surface area (Å²) >= 11 is 0. The van der Waals surface area contributed by atoms with Crippen molar-refractivity contribution in [2.75, 3.05) is 6.61 Å². The zero-order valence-electron chi connectivity index (χ0n) is 9.55. The van der Waals surface area contributed by atoms with Gasteiger partial charge in [-0.2, -0.15) is 0 Å². The van der Waals surface area contributed by atoms with Gasteiger partial charge in [-0.1, -0.05) is 36.4 Å². The number of hydrazine groups is 1. The van der Waals surface area contributed by atoms with Crippen LogP contribution in [-0.2, 0) is 9.59 Å². The maximum Gasteiger partial charge on any atom is 0.276 e. The molecule has 0 atom stereocenters. The molecule has 0 aliphatic carbocycles. The van der Waals surface area contributed by atoms with E-state index in [1.165, 1.54) is 0 Å². The molecule has 0 bridgehead atoms. The highest BCUT2D eigenvalue weighted by Gasteiger charge is 2.04. The lowest BCUT2D eigenvalue weighted by atomic mass is 10.1. The van der Waals surface area contributed by atoms with Crippen molar-refractivity contribution in [2.24, 2.45) is 0 Å². The molecule has 2 aromatic rings. The van der Waals surface area contributed by atoms with Gasteiger partial charge in [0.2, 0.25) is 6.41 Å². The van der Waals surface area contributed by atoms with Gasteiger partial charge in [-0.3, -0.25) is 20.4 Å². The van der Waals surface area contributed by atoms with Gasteiger partial charge in [0.05, 0.1) is 0 Å². The maximum atomic E-state index is 11.3. The Hall–Kier alpha value is -2.56. The number of rotatable bonds is 5. The molecule has 0 fully saturated rings. The molecule has 0 heterocycles. The normalized spacial score (nSPS) is 9.78. The zero-order valence-corrected chi connectivity index (χ0v) is 9.55. The number of benzene rings is 2. The van der Waals surface area contributed by atoms with Crippen LogP contribution in [0.3, 0.4) is 0 Å². The maximum absolute atomic E-state index is 11.3. The highest BCUT2D eigenvalue weighted by atomic mass is 16.5. The summed E-state index contributed by atoms with van der Waals surface area (Å²) in [7, 11) is 0. The topological polar surface area (TPSA) is 67.4 Å². The first-order valence-corrected chi connectivity index (χ1v) is 5.40. The Balaban J connectivity index is 2.08. The number of nitrogens with one attached hydrogen (secondary N) is 2. The van der Waals surface area contributed by atoms with Gasteiger partial charge in [0.1, 0.15) is 5.75 Å². The lowest BCUT2D eigenvalue weighted by Crippen LogP contribution is -2.39. The molecule has 2 aromatic carbocycles. The van der Waals surface area contributed by atoms with Crippen LogP contribution in [0.15, 0.2) is 42.5 Å². The van der Waals surface area contributed by atoms with Gasteiger partial charge >= 0.3 is 0 Å². The van der Waals surface area contributed by atoms with Crippen LogP contribution in [0.5, 0.6) is 5.75 Å². The van der Waals surface area contributed by atoms with Crippen LogP contribution in [0, 0.1) is 0 Å². The van der Waals surface area contributed by atoms with Crippen LogP contribution in [0.2, 0.25) is 0 Å². The summed E-state index contributed by atoms with van der Waals surface area (Å²) in [5.41, 5.74) is 4.23. The van der Waals surface area contributed by atoms with E-state index in [2.05, 4.69) is 10.9 Å². The Morgan fingerprint density at radius 3 is 2.78 bits per heavy atom. The molecule has 0 saturated carbocycles. The highest BCUT2D eigenvalue weighted by molar-refractivity contribution is 5.88. The van der Waals surface area contributed by atoms with Crippen LogP contribution < -0.4 is 15.6 Å². The minimum atomic E-state index is -0.421. The smallest absolute Gasteiger partial charge is 0.276 e. The highest BCUT2D eigenvalue weighted by Crippen LogP contribution is 2.24. The molecule has 2 rings (SSSR count). The van der Waals surface area contributed by atoms with Crippen LogP contribution in [-0.4, -0.2) is 18.9 Å². The first-order valence-electron chi connectivity index (χ1n) is 5.40. The standard InChI is InChI=1S/C13H12N2O3/c16-9-14-15-13(17)8-18-12-7-3-5-10-4-1-2-6-11(10)12/h1-7,9H,8H2,(H,14,16)(H,15,17). The minimum absolute atomic E-state index is 0.158. The number of carbonyl (C=O) groups is 2. The van der Waals surface area contributed by atoms with Crippen molar-refractivity contribution in [1.82, 2.24) is 10.9 Å². The summed E-state index contributed by atoms with van der Waals surface area (Å²) in [6, 6.07) is 13.4. The van der Waals surface area contributed by atoms with Crippen molar-refractivity contribution in [1.29, 1.82) is 0 Å². The second-order valence-corrected chi connectivity index (χ2v) is 3.58. The summed E-state index contributed by atoms with van der Waals surface area (Å²) in [5, 5.41) is 1.98. The number of ether oxygens (including phenoxy) is 1. The van der Waals surface area contributed by atoms with E-state index in [9.17, 15) is 9.59 Å². The van der Waals surface area contributed by atoms with Gasteiger partial charge in [-0.05, 0) is 11.5 Å². The molecule has 0 aliphatic heterocycles. The largest absolute Gasteiger partial charge is 0.483 e. The first-order chi connectivity index (χ1) is 8.81. The monoisotopic (exact) mass is 244 g/mol. The van der Waals surface area contributed by atoms with Gasteiger partial charge in [-0.25, -0.2) is 0 Å². The van der Waals surface area contributed by atoms with Crippen molar-refractivity contribution in [3.8, 4) is 5.75 Å². The molecule has 2 amide bonds. The van der Waals surface area contributed by atoms with Gasteiger partial charge in [0.25, 0.3) is 5.91 Å². The van der Waals surface area contributed by atoms with E-state index < -0.39 is 5.91 Å². The SMILES string of the molecule is O=CNNC(=O)COc1cccc2ccccc12. The van der Waals surface area contributed by atoms with Crippen molar-refractivity contribution < 1.29 is 14.3 Å². The van der Waals surface area contributed by atoms with E-state index in [0.29, 0.717) is 12.2 Å². The lowest BCUT2D eigenvalue weighted by molar-refractivity contribution is -0.126. The summed E-state index contributed by atoms with van der Waals surface area (Å²) < 4.78 is 5.41. The third kappa shape index (κ3) is 2.76. The van der Waals surface area contributed by atoms with Crippen LogP contribution >= 0.6 is 0 Å². The fourth-order valence-corrected chi connectivity index (χ4v) is 1.61. The predicted molar refractivity (Wildman–Crippen MR) is 66.8 cm³/mol. The van der Waals surface area contributed by atoms with Gasteiger partial charge < -0.3 is 4.74 Å². The van der Waals surface area contributed by atoms with Gasteiger partial charge in [0.15, 0.2) is 6.61 Å². The Kier molecular flexibility index (Phi) is 3.76. The fourth-order valence-electron chi connectivity index (χ4n) is 1.61. The molecule has 5 heteroatoms. The molecule has 0 spiro atoms. The molecule has 18 heavy (non-hydrogen) atoms. The van der Waals surface area contributed by atoms with Crippen LogP contribution in [0.1, 0.15) is 0 Å². The van der Waals surface area contributed by atoms with E-state index >= 15 is 0 Å². The molecule has 0 radical (unpaired) electrons. The number of fused-ring (bicyclic) bond motifs is 1. The molecule has 0 aromatic heterocycles. The molecule has 0 unspecified atom stereocenters. The second-order valence-electron chi connectivity index (χ2n) is 3.58. The quantitative estimate of drug-likeness (QED) is 0.609. The molecular weight excluding hydrogens is 232 g/mol. The molecule has 0 aliphatic rings. The number of hydrogen-bond acceptors (Lipinski definition) is 3. The predicted octanol–water partition coefficient (Wildman–Crippen LogP) is 0.996. The van der Waals surface area contributed by atoms with E-state index in [4.69, 9.17) is 4.74 Å². The van der Waals surface area contributed by atoms with E-state index in [1.54, 1.807) is 6.07 Å². The van der Waals surface area contributed by atoms with Crippen LogP contribution in [0.4, 0.5) is 0 Å². The first kappa shape index (κ1) is 11.9. The van der Waals surface area contributed by atoms with Gasteiger partial charge in [-0.15, -0.1) is 0 Å². The number of amides is 2. The fraction of sp³-hybridized carbons (Fsp3) is 0.0769. The molecule has 5 nitrogen and oxygen atoms in total. The summed E-state index contributed by atoms with van der Waals surface area (Å²) in [6.07, 6.45) is 0.385. The van der Waals surface area contributed by atoms with E-state index in [1.807, 2.05) is 36.4 Å². The average molecular weight is 244 g/mol. The summed E-state index contributed by atoms with van der Waals surface area (Å²) in [4.78, 5) is 21.2. The average Bonchev–Trinajstić information content (AvgIpc) is 2.42. The molecule has 92 valence electrons. The third-order valence-electron chi connectivity index (χ3n) is 2.38. The number of hydrogen-bond donors (Lipinski definition) is 2. The summed E-state index contributed by atoms with van der Waals surface area (Å²) in [5.74, 6) is 0.212. The Labute approximate surface area is 104 Å². The second kappa shape index (κ2) is 5.67. The van der Waals surface area contributed by atoms with Crippen molar-refractivity contribution in [3.63, 3.8) is 0 Å². The lowest BCUT2D eigenvalue weighted by Gasteiger charge is -2.09. The zero-order chi connectivity index (χ0) is 12.8. The number of carbonyl (C=O) groups excluding carboxylic acids is 2. The molecule has 2 N–H and O–H groups in total. The summed E-state index contributed by atoms with van der Waals surface area (Å²) in [6.45, 7) is -0.158. The van der Waals surface area contributed by atoms with Crippen molar-refractivity contribution >= 4 is 23.1 Å². The van der Waals surface area contributed by atoms with Crippen molar-refractivity contribution in [2.45, 2.75) is 0 Å². The Morgan fingerprint density at radius 1 is 1.17 bits per heavy atom. The van der Waals surface area contributed by atoms with Crippen LogP contribution in [0.25, 0.3) is 10.8 Å². The van der Waals surface area contributed by atoms with E-state index in [-0.39, 0.29) is 6.61 Å². The Morgan fingerprint density at radius 2 is 1.94 bits per heavy atom. The molecule has 0 saturated heterocycles. The van der Waals surface area contributed by atoms with Crippen molar-refractivity contribution in [3.05, 3.63) is 42.5 Å². The van der Waals surface area contributed by atoms with E-state index in [0.717, 1.165) is 10.8 Å². The third-order valence-corrected chi connectivity index (χ3v) is 2.38. The minimum Gasteiger partial charge on any atom is -0.483 e. The Bertz CT molecular complexity index is 564.